The highest BCUT2D eigenvalue weighted by Gasteiger charge is 2.16. The molecule has 0 heterocycles. The molecule has 7 heteroatoms. The molecule has 128 valence electrons. The molecule has 2 aromatic carbocycles. The van der Waals surface area contributed by atoms with Crippen molar-refractivity contribution >= 4 is 41.6 Å². The summed E-state index contributed by atoms with van der Waals surface area (Å²) in [6, 6.07) is 14.1. The number of nitrogens with zero attached hydrogens (tertiary/aromatic N) is 1. The van der Waals surface area contributed by atoms with Gasteiger partial charge in [0.2, 0.25) is 0 Å². The zero-order valence-electron chi connectivity index (χ0n) is 13.1. The number of benzene rings is 2. The van der Waals surface area contributed by atoms with E-state index in [0.29, 0.717) is 22.9 Å². The summed E-state index contributed by atoms with van der Waals surface area (Å²) in [7, 11) is 0. The molecule has 0 fully saturated rings. The van der Waals surface area contributed by atoms with Crippen molar-refractivity contribution in [1.82, 2.24) is 0 Å². The maximum Gasteiger partial charge on any atom is 0.314 e. The molecule has 24 heavy (non-hydrogen) atoms. The van der Waals surface area contributed by atoms with E-state index >= 15 is 0 Å². The Balaban J connectivity index is 0.00000288. The second kappa shape index (κ2) is 9.15. The standard InChI is InChI=1S/C17H18ClN3O2.ClH/c1-11(16(22)23-15-7-5-13(18)6-8-15)9-12-3-2-4-14(10-12)21-17(19)20;/h2-8,10-11H,9H2,1H3,(H4,19,20,21);1H. The lowest BCUT2D eigenvalue weighted by Gasteiger charge is -2.11. The number of aliphatic imine (C=N–C) groups is 1. The van der Waals surface area contributed by atoms with Gasteiger partial charge in [-0.25, -0.2) is 4.99 Å². The Morgan fingerprint density at radius 1 is 1.21 bits per heavy atom. The van der Waals surface area contributed by atoms with Crippen molar-refractivity contribution in [3.05, 3.63) is 59.1 Å². The van der Waals surface area contributed by atoms with Crippen LogP contribution in [0.3, 0.4) is 0 Å². The molecule has 2 rings (SSSR count). The monoisotopic (exact) mass is 367 g/mol. The second-order valence-corrected chi connectivity index (χ2v) is 5.62. The maximum atomic E-state index is 12.1. The minimum atomic E-state index is -0.306. The predicted molar refractivity (Wildman–Crippen MR) is 99.1 cm³/mol. The van der Waals surface area contributed by atoms with Gasteiger partial charge < -0.3 is 16.2 Å². The second-order valence-electron chi connectivity index (χ2n) is 5.19. The third-order valence-electron chi connectivity index (χ3n) is 3.15. The predicted octanol–water partition coefficient (Wildman–Crippen LogP) is 3.45. The molecule has 0 aliphatic heterocycles. The van der Waals surface area contributed by atoms with Crippen LogP contribution in [0.15, 0.2) is 53.5 Å². The molecule has 0 aliphatic carbocycles. The number of rotatable bonds is 5. The van der Waals surface area contributed by atoms with E-state index in [1.54, 1.807) is 30.3 Å². The van der Waals surface area contributed by atoms with Gasteiger partial charge in [0.1, 0.15) is 5.75 Å². The van der Waals surface area contributed by atoms with Crippen LogP contribution in [0.2, 0.25) is 5.02 Å². The Labute approximate surface area is 152 Å². The molecular weight excluding hydrogens is 349 g/mol. The van der Waals surface area contributed by atoms with Gasteiger partial charge in [-0.3, -0.25) is 4.79 Å². The fourth-order valence-corrected chi connectivity index (χ4v) is 2.18. The van der Waals surface area contributed by atoms with Gasteiger partial charge in [0.25, 0.3) is 0 Å². The lowest BCUT2D eigenvalue weighted by atomic mass is 10.0. The van der Waals surface area contributed by atoms with E-state index in [1.807, 2.05) is 25.1 Å². The topological polar surface area (TPSA) is 90.7 Å². The number of ether oxygens (including phenoxy) is 1. The zero-order valence-corrected chi connectivity index (χ0v) is 14.7. The molecule has 0 spiro atoms. The van der Waals surface area contributed by atoms with E-state index in [-0.39, 0.29) is 30.3 Å². The van der Waals surface area contributed by atoms with E-state index in [1.165, 1.54) is 0 Å². The Morgan fingerprint density at radius 3 is 2.50 bits per heavy atom. The maximum absolute atomic E-state index is 12.1. The van der Waals surface area contributed by atoms with Crippen LogP contribution >= 0.6 is 24.0 Å². The summed E-state index contributed by atoms with van der Waals surface area (Å²) < 4.78 is 5.33. The Hall–Kier alpha value is -2.24. The van der Waals surface area contributed by atoms with E-state index in [0.717, 1.165) is 5.56 Å². The van der Waals surface area contributed by atoms with Crippen molar-refractivity contribution in [2.75, 3.05) is 0 Å². The number of guanidine groups is 1. The van der Waals surface area contributed by atoms with E-state index < -0.39 is 0 Å². The summed E-state index contributed by atoms with van der Waals surface area (Å²) in [5.74, 6) is -0.141. The van der Waals surface area contributed by atoms with Crippen molar-refractivity contribution in [2.45, 2.75) is 13.3 Å². The zero-order chi connectivity index (χ0) is 16.8. The number of hydrogen-bond donors (Lipinski definition) is 2. The molecule has 0 amide bonds. The van der Waals surface area contributed by atoms with Gasteiger partial charge in [-0.05, 0) is 48.4 Å². The van der Waals surface area contributed by atoms with Gasteiger partial charge in [-0.15, -0.1) is 12.4 Å². The lowest BCUT2D eigenvalue weighted by Crippen LogP contribution is -2.22. The van der Waals surface area contributed by atoms with Crippen LogP contribution in [0.5, 0.6) is 5.75 Å². The molecule has 4 N–H and O–H groups in total. The highest BCUT2D eigenvalue weighted by atomic mass is 35.5. The van der Waals surface area contributed by atoms with Crippen molar-refractivity contribution in [1.29, 1.82) is 0 Å². The lowest BCUT2D eigenvalue weighted by molar-refractivity contribution is -0.138. The van der Waals surface area contributed by atoms with Crippen molar-refractivity contribution in [3.63, 3.8) is 0 Å². The van der Waals surface area contributed by atoms with Gasteiger partial charge >= 0.3 is 5.97 Å². The van der Waals surface area contributed by atoms with Crippen LogP contribution in [0.1, 0.15) is 12.5 Å². The SMILES string of the molecule is CC(Cc1cccc(N=C(N)N)c1)C(=O)Oc1ccc(Cl)cc1.Cl. The largest absolute Gasteiger partial charge is 0.426 e. The fraction of sp³-hybridized carbons (Fsp3) is 0.176. The summed E-state index contributed by atoms with van der Waals surface area (Å²) in [6.07, 6.45) is 0.528. The van der Waals surface area contributed by atoms with Gasteiger partial charge in [-0.1, -0.05) is 30.7 Å². The molecule has 1 atom stereocenters. The fourth-order valence-electron chi connectivity index (χ4n) is 2.06. The number of hydrogen-bond acceptors (Lipinski definition) is 3. The molecule has 2 aromatic rings. The number of carbonyl (C=O) groups excluding carboxylic acids is 1. The summed E-state index contributed by atoms with van der Waals surface area (Å²) in [5, 5.41) is 0.592. The normalized spacial score (nSPS) is 11.1. The first-order chi connectivity index (χ1) is 10.9. The van der Waals surface area contributed by atoms with E-state index in [2.05, 4.69) is 4.99 Å². The van der Waals surface area contributed by atoms with E-state index in [9.17, 15) is 4.79 Å². The highest BCUT2D eigenvalue weighted by molar-refractivity contribution is 6.30. The van der Waals surface area contributed by atoms with Gasteiger partial charge in [0.15, 0.2) is 5.96 Å². The third-order valence-corrected chi connectivity index (χ3v) is 3.40. The molecular formula is C17H19Cl2N3O2. The average molecular weight is 368 g/mol. The summed E-state index contributed by atoms with van der Waals surface area (Å²) in [6.45, 7) is 1.81. The first-order valence-corrected chi connectivity index (χ1v) is 7.47. The minimum Gasteiger partial charge on any atom is -0.426 e. The van der Waals surface area contributed by atoms with Gasteiger partial charge in [0.05, 0.1) is 11.6 Å². The van der Waals surface area contributed by atoms with Crippen LogP contribution in [-0.4, -0.2) is 11.9 Å². The third kappa shape index (κ3) is 6.10. The van der Waals surface area contributed by atoms with Crippen LogP contribution in [0.25, 0.3) is 0 Å². The molecule has 0 radical (unpaired) electrons. The Kier molecular flexibility index (Phi) is 7.55. The smallest absolute Gasteiger partial charge is 0.314 e. The molecule has 5 nitrogen and oxygen atoms in total. The van der Waals surface area contributed by atoms with E-state index in [4.69, 9.17) is 27.8 Å². The van der Waals surface area contributed by atoms with Gasteiger partial charge in [0, 0.05) is 5.02 Å². The average Bonchev–Trinajstić information content (AvgIpc) is 2.49. The van der Waals surface area contributed by atoms with Crippen LogP contribution in [0.4, 0.5) is 5.69 Å². The van der Waals surface area contributed by atoms with Crippen molar-refractivity contribution < 1.29 is 9.53 Å². The highest BCUT2D eigenvalue weighted by Crippen LogP contribution is 2.20. The number of carbonyl (C=O) groups is 1. The number of nitrogens with two attached hydrogens (primary N) is 2. The molecule has 0 aromatic heterocycles. The molecule has 0 saturated heterocycles. The molecule has 0 aliphatic rings. The number of esters is 1. The summed E-state index contributed by atoms with van der Waals surface area (Å²) in [4.78, 5) is 16.1. The van der Waals surface area contributed by atoms with Crippen molar-refractivity contribution in [2.24, 2.45) is 22.4 Å². The van der Waals surface area contributed by atoms with Crippen LogP contribution in [-0.2, 0) is 11.2 Å². The first-order valence-electron chi connectivity index (χ1n) is 7.10. The minimum absolute atomic E-state index is 0. The molecule has 0 saturated carbocycles. The molecule has 0 bridgehead atoms. The quantitative estimate of drug-likeness (QED) is 0.366. The Morgan fingerprint density at radius 2 is 1.88 bits per heavy atom. The van der Waals surface area contributed by atoms with Gasteiger partial charge in [-0.2, -0.15) is 0 Å². The summed E-state index contributed by atoms with van der Waals surface area (Å²) in [5.41, 5.74) is 12.3. The van der Waals surface area contributed by atoms with Crippen molar-refractivity contribution in [3.8, 4) is 5.75 Å². The summed E-state index contributed by atoms with van der Waals surface area (Å²) >= 11 is 5.80. The Bertz CT molecular complexity index is 714. The first kappa shape index (κ1) is 19.8. The van der Waals surface area contributed by atoms with Crippen LogP contribution < -0.4 is 16.2 Å². The molecule has 1 unspecified atom stereocenters. The van der Waals surface area contributed by atoms with Crippen LogP contribution in [0, 0.1) is 5.92 Å². The number of halogens is 2.